The number of nitrogens with one attached hydrogen (secondary N) is 1. The van der Waals surface area contributed by atoms with Crippen molar-refractivity contribution in [2.24, 2.45) is 5.73 Å². The molecule has 0 saturated carbocycles. The van der Waals surface area contributed by atoms with Crippen molar-refractivity contribution in [1.82, 2.24) is 5.32 Å². The summed E-state index contributed by atoms with van der Waals surface area (Å²) in [4.78, 5) is 14.4. The number of carbonyl (C=O) groups is 1. The molecule has 0 aromatic heterocycles. The van der Waals surface area contributed by atoms with E-state index in [-0.39, 0.29) is 18.0 Å². The lowest BCUT2D eigenvalue weighted by molar-refractivity contribution is -0.122. The molecule has 1 heterocycles. The molecule has 1 aromatic rings. The van der Waals surface area contributed by atoms with Gasteiger partial charge in [-0.15, -0.1) is 0 Å². The van der Waals surface area contributed by atoms with Crippen LogP contribution in [0.2, 0.25) is 0 Å². The van der Waals surface area contributed by atoms with Gasteiger partial charge in [-0.2, -0.15) is 0 Å². The van der Waals surface area contributed by atoms with Gasteiger partial charge in [0.25, 0.3) is 0 Å². The fraction of sp³-hybridized carbons (Fsp3) is 0.500. The summed E-state index contributed by atoms with van der Waals surface area (Å²) in [6, 6.07) is 8.12. The second kappa shape index (κ2) is 6.39. The van der Waals surface area contributed by atoms with E-state index in [1.165, 1.54) is 0 Å². The Morgan fingerprint density at radius 1 is 1.42 bits per heavy atom. The zero-order valence-electron chi connectivity index (χ0n) is 11.1. The van der Waals surface area contributed by atoms with Gasteiger partial charge in [-0.05, 0) is 50.6 Å². The highest BCUT2D eigenvalue weighted by molar-refractivity contribution is 9.10. The van der Waals surface area contributed by atoms with E-state index in [1.54, 1.807) is 0 Å². The molecule has 2 rings (SSSR count). The molecule has 1 amide bonds. The number of amides is 1. The summed E-state index contributed by atoms with van der Waals surface area (Å²) in [7, 11) is 0. The minimum absolute atomic E-state index is 0.0818. The average Bonchev–Trinajstić information content (AvgIpc) is 2.51. The van der Waals surface area contributed by atoms with Crippen LogP contribution in [0.5, 0.6) is 0 Å². The van der Waals surface area contributed by atoms with Crippen LogP contribution in [0.4, 0.5) is 5.69 Å². The van der Waals surface area contributed by atoms with Gasteiger partial charge in [0.15, 0.2) is 0 Å². The van der Waals surface area contributed by atoms with Crippen LogP contribution in [0.1, 0.15) is 19.8 Å². The quantitative estimate of drug-likeness (QED) is 0.892. The van der Waals surface area contributed by atoms with E-state index in [2.05, 4.69) is 26.1 Å². The number of benzene rings is 1. The van der Waals surface area contributed by atoms with Crippen molar-refractivity contribution in [3.63, 3.8) is 0 Å². The van der Waals surface area contributed by atoms with Crippen LogP contribution in [-0.2, 0) is 4.79 Å². The number of anilines is 1. The van der Waals surface area contributed by atoms with Crippen LogP contribution in [0.3, 0.4) is 0 Å². The second-order valence-electron chi connectivity index (χ2n) is 4.96. The second-order valence-corrected chi connectivity index (χ2v) is 5.88. The Morgan fingerprint density at radius 2 is 2.11 bits per heavy atom. The number of hydrogen-bond donors (Lipinski definition) is 2. The van der Waals surface area contributed by atoms with Gasteiger partial charge < -0.3 is 16.0 Å². The minimum Gasteiger partial charge on any atom is -0.359 e. The van der Waals surface area contributed by atoms with E-state index in [9.17, 15) is 4.79 Å². The smallest absolute Gasteiger partial charge is 0.242 e. The summed E-state index contributed by atoms with van der Waals surface area (Å²) in [6.45, 7) is 3.42. The maximum Gasteiger partial charge on any atom is 0.242 e. The minimum atomic E-state index is -0.170. The van der Waals surface area contributed by atoms with Crippen molar-refractivity contribution in [2.75, 3.05) is 18.0 Å². The number of carbonyl (C=O) groups excluding carboxylic acids is 1. The van der Waals surface area contributed by atoms with Crippen molar-refractivity contribution in [1.29, 1.82) is 0 Å². The summed E-state index contributed by atoms with van der Waals surface area (Å²) >= 11 is 3.43. The Kier molecular flexibility index (Phi) is 4.82. The monoisotopic (exact) mass is 325 g/mol. The van der Waals surface area contributed by atoms with E-state index >= 15 is 0 Å². The third-order valence-electron chi connectivity index (χ3n) is 3.47. The maximum absolute atomic E-state index is 12.2. The molecule has 5 heteroatoms. The van der Waals surface area contributed by atoms with Crippen LogP contribution >= 0.6 is 15.9 Å². The largest absolute Gasteiger partial charge is 0.359 e. The molecule has 2 unspecified atom stereocenters. The molecule has 3 N–H and O–H groups in total. The highest BCUT2D eigenvalue weighted by Crippen LogP contribution is 2.23. The first-order chi connectivity index (χ1) is 9.11. The third-order valence-corrected chi connectivity index (χ3v) is 4.00. The number of nitrogens with zero attached hydrogens (tertiary/aromatic N) is 1. The molecular formula is C14H20BrN3O. The van der Waals surface area contributed by atoms with E-state index in [1.807, 2.05) is 31.2 Å². The molecule has 0 radical (unpaired) electrons. The molecule has 1 fully saturated rings. The molecule has 19 heavy (non-hydrogen) atoms. The standard InChI is InChI=1S/C14H20BrN3O/c1-10-7-9-18(12-4-2-11(15)3-5-12)13(6-8-16)14(19)17-10/h2-5,10,13H,6-9,16H2,1H3,(H,17,19). The van der Waals surface area contributed by atoms with Gasteiger partial charge >= 0.3 is 0 Å². The molecule has 1 saturated heterocycles. The molecule has 1 aliphatic rings. The highest BCUT2D eigenvalue weighted by atomic mass is 79.9. The Labute approximate surface area is 122 Å². The fourth-order valence-corrected chi connectivity index (χ4v) is 2.69. The fourth-order valence-electron chi connectivity index (χ4n) is 2.43. The first-order valence-electron chi connectivity index (χ1n) is 6.64. The van der Waals surface area contributed by atoms with Gasteiger partial charge in [-0.3, -0.25) is 4.79 Å². The van der Waals surface area contributed by atoms with Crippen LogP contribution in [-0.4, -0.2) is 31.1 Å². The first-order valence-corrected chi connectivity index (χ1v) is 7.43. The summed E-state index contributed by atoms with van der Waals surface area (Å²) in [5.41, 5.74) is 6.73. The topological polar surface area (TPSA) is 58.4 Å². The summed E-state index contributed by atoms with van der Waals surface area (Å²) in [6.07, 6.45) is 1.62. The van der Waals surface area contributed by atoms with Gasteiger partial charge in [-0.25, -0.2) is 0 Å². The van der Waals surface area contributed by atoms with Crippen molar-refractivity contribution < 1.29 is 4.79 Å². The van der Waals surface area contributed by atoms with E-state index in [0.29, 0.717) is 13.0 Å². The van der Waals surface area contributed by atoms with Crippen molar-refractivity contribution in [3.05, 3.63) is 28.7 Å². The van der Waals surface area contributed by atoms with Gasteiger partial charge in [0.05, 0.1) is 0 Å². The Bertz CT molecular complexity index is 435. The molecule has 0 bridgehead atoms. The number of nitrogens with two attached hydrogens (primary N) is 1. The van der Waals surface area contributed by atoms with Gasteiger partial charge in [0.2, 0.25) is 5.91 Å². The van der Waals surface area contributed by atoms with Gasteiger partial charge in [0.1, 0.15) is 6.04 Å². The predicted molar refractivity (Wildman–Crippen MR) is 81.2 cm³/mol. The summed E-state index contributed by atoms with van der Waals surface area (Å²) in [5.74, 6) is 0.0818. The van der Waals surface area contributed by atoms with E-state index < -0.39 is 0 Å². The molecule has 2 atom stereocenters. The number of rotatable bonds is 3. The molecule has 4 nitrogen and oxygen atoms in total. The van der Waals surface area contributed by atoms with E-state index in [0.717, 1.165) is 23.1 Å². The molecule has 104 valence electrons. The maximum atomic E-state index is 12.2. The normalized spacial score (nSPS) is 23.9. The van der Waals surface area contributed by atoms with Crippen molar-refractivity contribution in [3.8, 4) is 0 Å². The Hall–Kier alpha value is -1.07. The van der Waals surface area contributed by atoms with Gasteiger partial charge in [0, 0.05) is 22.7 Å². The number of hydrogen-bond acceptors (Lipinski definition) is 3. The Balaban J connectivity index is 2.27. The molecule has 0 aliphatic carbocycles. The molecule has 0 spiro atoms. The lowest BCUT2D eigenvalue weighted by atomic mass is 10.1. The van der Waals surface area contributed by atoms with Gasteiger partial charge in [-0.1, -0.05) is 15.9 Å². The van der Waals surface area contributed by atoms with Crippen molar-refractivity contribution >= 4 is 27.5 Å². The average molecular weight is 326 g/mol. The molecular weight excluding hydrogens is 306 g/mol. The Morgan fingerprint density at radius 3 is 2.74 bits per heavy atom. The number of halogens is 1. The first kappa shape index (κ1) is 14.3. The lowest BCUT2D eigenvalue weighted by Crippen LogP contribution is -2.46. The SMILES string of the molecule is CC1CCN(c2ccc(Br)cc2)C(CCN)C(=O)N1. The van der Waals surface area contributed by atoms with Crippen LogP contribution < -0.4 is 16.0 Å². The van der Waals surface area contributed by atoms with E-state index in [4.69, 9.17) is 5.73 Å². The summed E-state index contributed by atoms with van der Waals surface area (Å²) < 4.78 is 1.04. The van der Waals surface area contributed by atoms with Crippen LogP contribution in [0.15, 0.2) is 28.7 Å². The lowest BCUT2D eigenvalue weighted by Gasteiger charge is -2.30. The predicted octanol–water partition coefficient (Wildman–Crippen LogP) is 1.88. The molecule has 1 aromatic carbocycles. The zero-order valence-corrected chi connectivity index (χ0v) is 12.7. The molecule has 1 aliphatic heterocycles. The highest BCUT2D eigenvalue weighted by Gasteiger charge is 2.29. The zero-order chi connectivity index (χ0) is 13.8. The van der Waals surface area contributed by atoms with Crippen LogP contribution in [0.25, 0.3) is 0 Å². The van der Waals surface area contributed by atoms with Crippen LogP contribution in [0, 0.1) is 0 Å². The summed E-state index contributed by atoms with van der Waals surface area (Å²) in [5, 5.41) is 3.04. The van der Waals surface area contributed by atoms with Crippen molar-refractivity contribution in [2.45, 2.75) is 31.8 Å². The third kappa shape index (κ3) is 3.48.